The summed E-state index contributed by atoms with van der Waals surface area (Å²) in [7, 11) is 0. The summed E-state index contributed by atoms with van der Waals surface area (Å²) in [5.41, 5.74) is 0.404. The standard InChI is InChI=1S/C42H37NO5/c1-6-11-15-19-24-44-38-29-34-33(32-43)28-37-36(35(34)30-39(38)45-25-20-16-12-7-2)31-40(46-26-21-17-13-8-3)42(41(37)47-23-10-5)48-27-22-18-14-9-4/h3-4,10,28-31H,5-7,11-12,15-16,19-20,23-25H2,1-2H3. The number of hydrogen-bond donors (Lipinski definition) is 0. The number of terminal acetylenes is 2. The lowest BCUT2D eigenvalue weighted by Crippen LogP contribution is -2.04. The number of benzene rings is 3. The van der Waals surface area contributed by atoms with Crippen molar-refractivity contribution in [2.24, 2.45) is 0 Å². The lowest BCUT2D eigenvalue weighted by atomic mass is 9.96. The van der Waals surface area contributed by atoms with Gasteiger partial charge in [0, 0.05) is 34.5 Å². The molecule has 0 saturated heterocycles. The van der Waals surface area contributed by atoms with Gasteiger partial charge in [0.25, 0.3) is 0 Å². The van der Waals surface area contributed by atoms with E-state index in [9.17, 15) is 5.26 Å². The summed E-state index contributed by atoms with van der Waals surface area (Å²) in [6.45, 7) is 9.31. The van der Waals surface area contributed by atoms with Crippen LogP contribution in [0.15, 0.2) is 36.9 Å². The van der Waals surface area contributed by atoms with Gasteiger partial charge in [-0.3, -0.25) is 0 Å². The van der Waals surface area contributed by atoms with Crippen LogP contribution in [-0.4, -0.2) is 19.8 Å². The summed E-state index contributed by atoms with van der Waals surface area (Å²) < 4.78 is 30.3. The van der Waals surface area contributed by atoms with E-state index < -0.39 is 0 Å². The summed E-state index contributed by atoms with van der Waals surface area (Å²) in [6, 6.07) is 9.58. The molecule has 0 N–H and O–H groups in total. The number of fused-ring (bicyclic) bond motifs is 3. The lowest BCUT2D eigenvalue weighted by molar-refractivity contribution is 0.259. The summed E-state index contributed by atoms with van der Waals surface area (Å²) >= 11 is 0. The van der Waals surface area contributed by atoms with Crippen molar-refractivity contribution in [3.8, 4) is 107 Å². The molecule has 0 radical (unpaired) electrons. The van der Waals surface area contributed by atoms with Gasteiger partial charge in [0.15, 0.2) is 23.0 Å². The van der Waals surface area contributed by atoms with Crippen LogP contribution in [0.2, 0.25) is 0 Å². The molecule has 3 rings (SSSR count). The van der Waals surface area contributed by atoms with Gasteiger partial charge in [-0.2, -0.15) is 5.26 Å². The Morgan fingerprint density at radius 2 is 1.19 bits per heavy atom. The van der Waals surface area contributed by atoms with Gasteiger partial charge < -0.3 is 23.7 Å². The fourth-order valence-corrected chi connectivity index (χ4v) is 4.77. The van der Waals surface area contributed by atoms with E-state index in [0.29, 0.717) is 46.4 Å². The summed E-state index contributed by atoms with van der Waals surface area (Å²) in [4.78, 5) is 0. The normalized spacial score (nSPS) is 9.31. The number of nitrogens with zero attached hydrogens (tertiary/aromatic N) is 1. The van der Waals surface area contributed by atoms with Crippen LogP contribution in [0.25, 0.3) is 21.5 Å². The highest BCUT2D eigenvalue weighted by Gasteiger charge is 2.22. The van der Waals surface area contributed by atoms with Crippen LogP contribution >= 0.6 is 0 Å². The molecule has 6 nitrogen and oxygen atoms in total. The third-order valence-electron chi connectivity index (χ3n) is 6.98. The lowest BCUT2D eigenvalue weighted by Gasteiger charge is -2.18. The molecule has 0 saturated carbocycles. The molecular weight excluding hydrogens is 598 g/mol. The Morgan fingerprint density at radius 1 is 0.625 bits per heavy atom. The zero-order chi connectivity index (χ0) is 34.4. The van der Waals surface area contributed by atoms with Gasteiger partial charge in [0.1, 0.15) is 18.8 Å². The van der Waals surface area contributed by atoms with Gasteiger partial charge >= 0.3 is 0 Å². The monoisotopic (exact) mass is 635 g/mol. The third kappa shape index (κ3) is 10.4. The first-order valence-corrected chi connectivity index (χ1v) is 15.9. The van der Waals surface area contributed by atoms with E-state index in [0.717, 1.165) is 56.8 Å². The Bertz CT molecular complexity index is 1990. The van der Waals surface area contributed by atoms with Crippen molar-refractivity contribution in [1.82, 2.24) is 0 Å². The van der Waals surface area contributed by atoms with Gasteiger partial charge in [0.2, 0.25) is 5.75 Å². The molecule has 48 heavy (non-hydrogen) atoms. The molecule has 0 fully saturated rings. The Kier molecular flexibility index (Phi) is 15.7. The smallest absolute Gasteiger partial charge is 0.226 e. The van der Waals surface area contributed by atoms with Crippen molar-refractivity contribution in [2.45, 2.75) is 65.2 Å². The maximum atomic E-state index is 10.3. The molecule has 240 valence electrons. The average Bonchev–Trinajstić information content (AvgIpc) is 3.10. The van der Waals surface area contributed by atoms with Crippen LogP contribution in [0.3, 0.4) is 0 Å². The first-order chi connectivity index (χ1) is 23.6. The molecule has 0 amide bonds. The number of ether oxygens (including phenoxy) is 5. The molecule has 3 aromatic rings. The topological polar surface area (TPSA) is 69.9 Å². The van der Waals surface area contributed by atoms with E-state index in [1.807, 2.05) is 12.1 Å². The first kappa shape index (κ1) is 36.2. The minimum absolute atomic E-state index is 0.112. The molecule has 0 heterocycles. The maximum Gasteiger partial charge on any atom is 0.226 e. The van der Waals surface area contributed by atoms with Crippen LogP contribution in [0.1, 0.15) is 70.8 Å². The second kappa shape index (κ2) is 20.7. The van der Waals surface area contributed by atoms with E-state index in [-0.39, 0.29) is 23.9 Å². The fourth-order valence-electron chi connectivity index (χ4n) is 4.77. The Labute approximate surface area is 284 Å². The van der Waals surface area contributed by atoms with Crippen LogP contribution < -0.4 is 23.7 Å². The largest absolute Gasteiger partial charge is 0.490 e. The first-order valence-electron chi connectivity index (χ1n) is 15.9. The van der Waals surface area contributed by atoms with Crippen molar-refractivity contribution in [3.63, 3.8) is 0 Å². The molecule has 0 aromatic heterocycles. The number of unbranched alkanes of at least 4 members (excludes halogenated alkanes) is 6. The predicted octanol–water partition coefficient (Wildman–Crippen LogP) is 8.30. The minimum Gasteiger partial charge on any atom is -0.490 e. The van der Waals surface area contributed by atoms with Crippen molar-refractivity contribution in [2.75, 3.05) is 19.8 Å². The summed E-state index contributed by atoms with van der Waals surface area (Å²) in [5.74, 6) is 21.0. The summed E-state index contributed by atoms with van der Waals surface area (Å²) in [6.07, 6.45) is 25.5. The molecule has 0 bridgehead atoms. The van der Waals surface area contributed by atoms with E-state index in [1.165, 1.54) is 0 Å². The highest BCUT2D eigenvalue weighted by atomic mass is 16.5. The zero-order valence-corrected chi connectivity index (χ0v) is 27.5. The SMILES string of the molecule is C#CC#CC#COc1cc2c(cc(C#N)c3cc(OCCCCCC)c(OCCCCCC)cc32)c(OCC=C)c1OC#CC#CC#C. The number of nitriles is 1. The fraction of sp³-hybridized carbons (Fsp3) is 0.310. The quantitative estimate of drug-likeness (QED) is 0.0643. The molecule has 0 atom stereocenters. The van der Waals surface area contributed by atoms with Gasteiger partial charge in [-0.15, -0.1) is 12.8 Å². The molecule has 0 aliphatic rings. The van der Waals surface area contributed by atoms with E-state index >= 15 is 0 Å². The van der Waals surface area contributed by atoms with Gasteiger partial charge in [-0.25, -0.2) is 0 Å². The summed E-state index contributed by atoms with van der Waals surface area (Å²) in [5, 5.41) is 13.0. The minimum atomic E-state index is 0.112. The van der Waals surface area contributed by atoms with E-state index in [2.05, 4.69) is 86.1 Å². The Morgan fingerprint density at radius 3 is 1.75 bits per heavy atom. The van der Waals surface area contributed by atoms with Crippen LogP contribution in [0.5, 0.6) is 28.7 Å². The van der Waals surface area contributed by atoms with Gasteiger partial charge in [0.05, 0.1) is 24.8 Å². The van der Waals surface area contributed by atoms with Crippen molar-refractivity contribution in [1.29, 1.82) is 5.26 Å². The maximum absolute atomic E-state index is 10.3. The number of rotatable bonds is 17. The van der Waals surface area contributed by atoms with Crippen LogP contribution in [0, 0.1) is 83.8 Å². The van der Waals surface area contributed by atoms with Crippen molar-refractivity contribution in [3.05, 3.63) is 42.5 Å². The second-order valence-corrected chi connectivity index (χ2v) is 10.4. The van der Waals surface area contributed by atoms with E-state index in [1.54, 1.807) is 18.2 Å². The highest BCUT2D eigenvalue weighted by Crippen LogP contribution is 2.48. The number of hydrogen-bond acceptors (Lipinski definition) is 6. The average molecular weight is 636 g/mol. The van der Waals surface area contributed by atoms with Crippen molar-refractivity contribution < 1.29 is 23.7 Å². The molecule has 0 aliphatic heterocycles. The second-order valence-electron chi connectivity index (χ2n) is 10.4. The highest BCUT2D eigenvalue weighted by molar-refractivity contribution is 6.14. The third-order valence-corrected chi connectivity index (χ3v) is 6.98. The molecule has 0 spiro atoms. The predicted molar refractivity (Wildman–Crippen MR) is 191 cm³/mol. The Balaban J connectivity index is 2.32. The van der Waals surface area contributed by atoms with Crippen LogP contribution in [-0.2, 0) is 0 Å². The molecule has 3 aromatic carbocycles. The van der Waals surface area contributed by atoms with Crippen LogP contribution in [0.4, 0.5) is 0 Å². The molecule has 0 unspecified atom stereocenters. The Hall–Kier alpha value is -6.23. The van der Waals surface area contributed by atoms with E-state index in [4.69, 9.17) is 36.5 Å². The van der Waals surface area contributed by atoms with Gasteiger partial charge in [-0.05, 0) is 71.6 Å². The van der Waals surface area contributed by atoms with Crippen molar-refractivity contribution >= 4 is 21.5 Å². The molecule has 6 heteroatoms. The molecular formula is C42H37NO5. The molecule has 0 aliphatic carbocycles. The zero-order valence-electron chi connectivity index (χ0n) is 27.5. The van der Waals surface area contributed by atoms with Gasteiger partial charge in [-0.1, -0.05) is 65.0 Å².